The number of hydrogen-bond donors (Lipinski definition) is 0. The predicted molar refractivity (Wildman–Crippen MR) is 40.7 cm³/mol. The Morgan fingerprint density at radius 2 is 2.10 bits per heavy atom. The van der Waals surface area contributed by atoms with Crippen LogP contribution in [0.15, 0.2) is 24.3 Å². The van der Waals surface area contributed by atoms with Crippen molar-refractivity contribution in [3.05, 3.63) is 42.3 Å². The van der Waals surface area contributed by atoms with Gasteiger partial charge in [0, 0.05) is 6.42 Å². The summed E-state index contributed by atoms with van der Waals surface area (Å²) < 4.78 is 0. The van der Waals surface area contributed by atoms with E-state index in [9.17, 15) is 4.79 Å². The fraction of sp³-hybridized carbons (Fsp3) is 0.111. The van der Waals surface area contributed by atoms with Gasteiger partial charge in [-0.2, -0.15) is 0 Å². The van der Waals surface area contributed by atoms with Crippen molar-refractivity contribution in [2.24, 2.45) is 0 Å². The molecule has 1 heteroatoms. The summed E-state index contributed by atoms with van der Waals surface area (Å²) in [6, 6.07) is 7.64. The molecule has 0 N–H and O–H groups in total. The van der Waals surface area contributed by atoms with Gasteiger partial charge in [-0.25, -0.2) is 0 Å². The van der Waals surface area contributed by atoms with E-state index in [1.165, 1.54) is 0 Å². The van der Waals surface area contributed by atoms with Gasteiger partial charge in [0.15, 0.2) is 0 Å². The van der Waals surface area contributed by atoms with Crippen molar-refractivity contribution in [3.63, 3.8) is 0 Å². The van der Waals surface area contributed by atoms with E-state index in [2.05, 4.69) is 6.92 Å². The van der Waals surface area contributed by atoms with E-state index in [1.807, 2.05) is 24.3 Å². The lowest BCUT2D eigenvalue weighted by atomic mass is 10.1. The zero-order valence-corrected chi connectivity index (χ0v) is 5.71. The maximum Gasteiger partial charge on any atom is 0.124 e. The smallest absolute Gasteiger partial charge is 0.124 e. The van der Waals surface area contributed by atoms with E-state index < -0.39 is 0 Å². The molecule has 0 aliphatic heterocycles. The molecule has 0 saturated carbocycles. The standard InChI is InChI=1S/C9H9O/c1-8-4-2-3-5-9(8)6-7-10/h2-5,7H,1,6H2. The maximum atomic E-state index is 10.1. The van der Waals surface area contributed by atoms with Gasteiger partial charge in [0.1, 0.15) is 6.29 Å². The molecule has 1 aromatic carbocycles. The first kappa shape index (κ1) is 7.00. The maximum absolute atomic E-state index is 10.1. The number of benzene rings is 1. The first-order valence-corrected chi connectivity index (χ1v) is 3.18. The van der Waals surface area contributed by atoms with Crippen molar-refractivity contribution in [1.82, 2.24) is 0 Å². The number of rotatable bonds is 2. The molecule has 0 heterocycles. The molecule has 0 aliphatic carbocycles. The molecule has 0 amide bonds. The lowest BCUT2D eigenvalue weighted by molar-refractivity contribution is -0.107. The van der Waals surface area contributed by atoms with Crippen molar-refractivity contribution in [2.75, 3.05) is 0 Å². The van der Waals surface area contributed by atoms with Crippen LogP contribution >= 0.6 is 0 Å². The van der Waals surface area contributed by atoms with E-state index >= 15 is 0 Å². The van der Waals surface area contributed by atoms with Gasteiger partial charge in [-0.05, 0) is 18.1 Å². The van der Waals surface area contributed by atoms with Crippen LogP contribution in [-0.2, 0) is 11.2 Å². The Bertz CT molecular complexity index is 228. The monoisotopic (exact) mass is 133 g/mol. The molecule has 0 saturated heterocycles. The molecule has 0 aromatic heterocycles. The Kier molecular flexibility index (Phi) is 2.21. The van der Waals surface area contributed by atoms with Crippen LogP contribution in [0, 0.1) is 6.92 Å². The Morgan fingerprint density at radius 3 is 2.70 bits per heavy atom. The highest BCUT2D eigenvalue weighted by Gasteiger charge is 1.92. The van der Waals surface area contributed by atoms with Gasteiger partial charge < -0.3 is 4.79 Å². The Labute approximate surface area is 60.7 Å². The van der Waals surface area contributed by atoms with Crippen LogP contribution in [0.2, 0.25) is 0 Å². The minimum absolute atomic E-state index is 0.472. The summed E-state index contributed by atoms with van der Waals surface area (Å²) in [5.41, 5.74) is 1.95. The number of aldehydes is 1. The minimum atomic E-state index is 0.472. The molecule has 0 spiro atoms. The molecular weight excluding hydrogens is 124 g/mol. The number of carbonyl (C=O) groups is 1. The SMILES string of the molecule is [CH2]c1ccccc1CC=O. The third-order valence-corrected chi connectivity index (χ3v) is 1.42. The van der Waals surface area contributed by atoms with E-state index in [1.54, 1.807) is 0 Å². The van der Waals surface area contributed by atoms with E-state index in [0.717, 1.165) is 17.4 Å². The molecule has 1 aromatic rings. The van der Waals surface area contributed by atoms with Crippen LogP contribution in [0.25, 0.3) is 0 Å². The van der Waals surface area contributed by atoms with Crippen molar-refractivity contribution in [1.29, 1.82) is 0 Å². The Balaban J connectivity index is 2.91. The molecule has 0 fully saturated rings. The van der Waals surface area contributed by atoms with Crippen LogP contribution in [0.1, 0.15) is 11.1 Å². The molecule has 1 rings (SSSR count). The van der Waals surface area contributed by atoms with E-state index in [0.29, 0.717) is 6.42 Å². The van der Waals surface area contributed by atoms with Crippen LogP contribution in [0.4, 0.5) is 0 Å². The van der Waals surface area contributed by atoms with Crippen molar-refractivity contribution >= 4 is 6.29 Å². The van der Waals surface area contributed by atoms with E-state index in [4.69, 9.17) is 0 Å². The molecule has 0 bridgehead atoms. The van der Waals surface area contributed by atoms with Gasteiger partial charge in [-0.3, -0.25) is 0 Å². The zero-order valence-electron chi connectivity index (χ0n) is 5.71. The normalized spacial score (nSPS) is 9.30. The number of carbonyl (C=O) groups excluding carboxylic acids is 1. The van der Waals surface area contributed by atoms with Crippen LogP contribution in [0.5, 0.6) is 0 Å². The lowest BCUT2D eigenvalue weighted by Crippen LogP contribution is -1.88. The fourth-order valence-corrected chi connectivity index (χ4v) is 0.846. The summed E-state index contributed by atoms with van der Waals surface area (Å²) in [4.78, 5) is 10.1. The zero-order chi connectivity index (χ0) is 7.40. The summed E-state index contributed by atoms with van der Waals surface area (Å²) in [6.07, 6.45) is 1.36. The van der Waals surface area contributed by atoms with Gasteiger partial charge in [0.25, 0.3) is 0 Å². The second-order valence-corrected chi connectivity index (χ2v) is 2.14. The summed E-state index contributed by atoms with van der Waals surface area (Å²) in [5, 5.41) is 0. The molecule has 1 nitrogen and oxygen atoms in total. The summed E-state index contributed by atoms with van der Waals surface area (Å²) in [6.45, 7) is 3.78. The molecule has 1 radical (unpaired) electrons. The van der Waals surface area contributed by atoms with Gasteiger partial charge >= 0.3 is 0 Å². The number of hydrogen-bond acceptors (Lipinski definition) is 1. The predicted octanol–water partition coefficient (Wildman–Crippen LogP) is 1.61. The topological polar surface area (TPSA) is 17.1 Å². The third-order valence-electron chi connectivity index (χ3n) is 1.42. The largest absolute Gasteiger partial charge is 0.303 e. The summed E-state index contributed by atoms with van der Waals surface area (Å²) >= 11 is 0. The molecule has 0 unspecified atom stereocenters. The minimum Gasteiger partial charge on any atom is -0.303 e. The van der Waals surface area contributed by atoms with Crippen LogP contribution < -0.4 is 0 Å². The molecule has 10 heavy (non-hydrogen) atoms. The summed E-state index contributed by atoms with van der Waals surface area (Å²) in [5.74, 6) is 0. The van der Waals surface area contributed by atoms with Crippen molar-refractivity contribution in [2.45, 2.75) is 6.42 Å². The molecule has 0 aliphatic rings. The Morgan fingerprint density at radius 1 is 1.40 bits per heavy atom. The second kappa shape index (κ2) is 3.16. The van der Waals surface area contributed by atoms with Gasteiger partial charge in [0.2, 0.25) is 0 Å². The van der Waals surface area contributed by atoms with Crippen LogP contribution in [0.3, 0.4) is 0 Å². The highest BCUT2D eigenvalue weighted by molar-refractivity contribution is 5.56. The van der Waals surface area contributed by atoms with Crippen molar-refractivity contribution in [3.8, 4) is 0 Å². The highest BCUT2D eigenvalue weighted by atomic mass is 16.1. The quantitative estimate of drug-likeness (QED) is 0.560. The highest BCUT2D eigenvalue weighted by Crippen LogP contribution is 2.05. The van der Waals surface area contributed by atoms with Gasteiger partial charge in [-0.15, -0.1) is 0 Å². The summed E-state index contributed by atoms with van der Waals surface area (Å²) in [7, 11) is 0. The van der Waals surface area contributed by atoms with Crippen molar-refractivity contribution < 1.29 is 4.79 Å². The van der Waals surface area contributed by atoms with Gasteiger partial charge in [0.05, 0.1) is 0 Å². The van der Waals surface area contributed by atoms with E-state index in [-0.39, 0.29) is 0 Å². The Hall–Kier alpha value is -1.11. The first-order chi connectivity index (χ1) is 4.84. The molecular formula is C9H9O. The molecule has 0 atom stereocenters. The first-order valence-electron chi connectivity index (χ1n) is 3.18. The lowest BCUT2D eigenvalue weighted by Gasteiger charge is -1.97. The molecule has 51 valence electrons. The average Bonchev–Trinajstić information content (AvgIpc) is 1.94. The fourth-order valence-electron chi connectivity index (χ4n) is 0.846. The third kappa shape index (κ3) is 1.44. The second-order valence-electron chi connectivity index (χ2n) is 2.14. The average molecular weight is 133 g/mol. The van der Waals surface area contributed by atoms with Gasteiger partial charge in [-0.1, -0.05) is 24.3 Å². The van der Waals surface area contributed by atoms with Crippen LogP contribution in [-0.4, -0.2) is 6.29 Å².